The van der Waals surface area contributed by atoms with Gasteiger partial charge in [0.25, 0.3) is 5.91 Å². The van der Waals surface area contributed by atoms with Crippen molar-refractivity contribution in [1.29, 1.82) is 0 Å². The molecule has 1 atom stereocenters. The number of aryl methyl sites for hydroxylation is 1. The zero-order valence-electron chi connectivity index (χ0n) is 12.8. The van der Waals surface area contributed by atoms with E-state index in [9.17, 15) is 4.79 Å². The van der Waals surface area contributed by atoms with Crippen molar-refractivity contribution < 1.29 is 14.3 Å². The Bertz CT molecular complexity index is 864. The highest BCUT2D eigenvalue weighted by Gasteiger charge is 2.33. The SMILES string of the molecule is O=C1N[C@@H](c2cc3c(cc2Br)OCO3)Nc2sc3c(c21)CCCC3. The summed E-state index contributed by atoms with van der Waals surface area (Å²) in [6.45, 7) is 0.234. The average molecular weight is 407 g/mol. The van der Waals surface area contributed by atoms with Crippen molar-refractivity contribution in [1.82, 2.24) is 5.32 Å². The Morgan fingerprint density at radius 3 is 2.79 bits per heavy atom. The third-order valence-corrected chi connectivity index (χ3v) is 6.66. The third kappa shape index (κ3) is 2.14. The molecule has 1 amide bonds. The van der Waals surface area contributed by atoms with E-state index in [-0.39, 0.29) is 18.9 Å². The fourth-order valence-electron chi connectivity index (χ4n) is 3.59. The lowest BCUT2D eigenvalue weighted by Crippen LogP contribution is -2.38. The van der Waals surface area contributed by atoms with E-state index in [0.29, 0.717) is 5.75 Å². The van der Waals surface area contributed by atoms with Crippen LogP contribution in [-0.2, 0) is 12.8 Å². The fourth-order valence-corrected chi connectivity index (χ4v) is 5.45. The number of fused-ring (bicyclic) bond motifs is 4. The Kier molecular flexibility index (Phi) is 3.28. The highest BCUT2D eigenvalue weighted by molar-refractivity contribution is 9.10. The smallest absolute Gasteiger partial charge is 0.256 e. The van der Waals surface area contributed by atoms with Crippen molar-refractivity contribution in [2.24, 2.45) is 0 Å². The monoisotopic (exact) mass is 406 g/mol. The van der Waals surface area contributed by atoms with Gasteiger partial charge in [0.15, 0.2) is 11.5 Å². The minimum absolute atomic E-state index is 0.0118. The molecule has 2 N–H and O–H groups in total. The van der Waals surface area contributed by atoms with Crippen LogP contribution in [0.25, 0.3) is 0 Å². The maximum absolute atomic E-state index is 12.7. The van der Waals surface area contributed by atoms with Gasteiger partial charge in [-0.15, -0.1) is 11.3 Å². The number of carbonyl (C=O) groups excluding carboxylic acids is 1. The van der Waals surface area contributed by atoms with Crippen molar-refractivity contribution in [2.45, 2.75) is 31.8 Å². The zero-order chi connectivity index (χ0) is 16.3. The van der Waals surface area contributed by atoms with E-state index < -0.39 is 0 Å². The first-order valence-corrected chi connectivity index (χ1v) is 9.62. The number of nitrogens with one attached hydrogen (secondary N) is 2. The normalized spacial score (nSPS) is 20.9. The maximum atomic E-state index is 12.7. The summed E-state index contributed by atoms with van der Waals surface area (Å²) in [6, 6.07) is 3.81. The zero-order valence-corrected chi connectivity index (χ0v) is 15.2. The van der Waals surface area contributed by atoms with E-state index >= 15 is 0 Å². The molecule has 1 aliphatic carbocycles. The van der Waals surface area contributed by atoms with Crippen LogP contribution < -0.4 is 20.1 Å². The van der Waals surface area contributed by atoms with Crippen LogP contribution in [0.3, 0.4) is 0 Å². The molecule has 3 heterocycles. The molecular formula is C17H15BrN2O3S. The lowest BCUT2D eigenvalue weighted by atomic mass is 9.94. The molecule has 2 aliphatic heterocycles. The summed E-state index contributed by atoms with van der Waals surface area (Å²) in [4.78, 5) is 14.1. The minimum atomic E-state index is -0.283. The van der Waals surface area contributed by atoms with Gasteiger partial charge in [-0.1, -0.05) is 15.9 Å². The van der Waals surface area contributed by atoms with E-state index in [0.717, 1.165) is 39.2 Å². The van der Waals surface area contributed by atoms with E-state index in [4.69, 9.17) is 9.47 Å². The van der Waals surface area contributed by atoms with Gasteiger partial charge >= 0.3 is 0 Å². The van der Waals surface area contributed by atoms with Gasteiger partial charge in [-0.25, -0.2) is 0 Å². The van der Waals surface area contributed by atoms with Crippen LogP contribution in [0.5, 0.6) is 11.5 Å². The lowest BCUT2D eigenvalue weighted by molar-refractivity contribution is 0.0935. The number of benzene rings is 1. The molecule has 0 bridgehead atoms. The number of ether oxygens (including phenoxy) is 2. The van der Waals surface area contributed by atoms with Gasteiger partial charge in [0.05, 0.1) is 5.56 Å². The second-order valence-corrected chi connectivity index (χ2v) is 8.15. The van der Waals surface area contributed by atoms with E-state index in [1.54, 1.807) is 11.3 Å². The Balaban J connectivity index is 1.54. The van der Waals surface area contributed by atoms with Crippen LogP contribution in [0.4, 0.5) is 5.00 Å². The minimum Gasteiger partial charge on any atom is -0.454 e. The number of carbonyl (C=O) groups is 1. The number of amides is 1. The highest BCUT2D eigenvalue weighted by atomic mass is 79.9. The topological polar surface area (TPSA) is 59.6 Å². The molecule has 1 aromatic carbocycles. The molecule has 0 saturated heterocycles. The van der Waals surface area contributed by atoms with Crippen LogP contribution in [0.2, 0.25) is 0 Å². The molecular weight excluding hydrogens is 392 g/mol. The first kappa shape index (κ1) is 14.6. The number of rotatable bonds is 1. The predicted molar refractivity (Wildman–Crippen MR) is 95.1 cm³/mol. The summed E-state index contributed by atoms with van der Waals surface area (Å²) < 4.78 is 11.7. The number of hydrogen-bond acceptors (Lipinski definition) is 5. The molecule has 124 valence electrons. The third-order valence-electron chi connectivity index (χ3n) is 4.75. The van der Waals surface area contributed by atoms with E-state index in [1.165, 1.54) is 23.3 Å². The summed E-state index contributed by atoms with van der Waals surface area (Å²) in [7, 11) is 0. The molecule has 1 aromatic heterocycles. The first-order valence-electron chi connectivity index (χ1n) is 8.01. The van der Waals surface area contributed by atoms with Gasteiger partial charge in [0.2, 0.25) is 6.79 Å². The first-order chi connectivity index (χ1) is 11.7. The fraction of sp³-hybridized carbons (Fsp3) is 0.353. The van der Waals surface area contributed by atoms with Crippen molar-refractivity contribution in [3.63, 3.8) is 0 Å². The van der Waals surface area contributed by atoms with Gasteiger partial charge in [0, 0.05) is 14.9 Å². The molecule has 5 nitrogen and oxygen atoms in total. The molecule has 5 rings (SSSR count). The summed E-state index contributed by atoms with van der Waals surface area (Å²) in [5, 5.41) is 7.57. The second-order valence-electron chi connectivity index (χ2n) is 6.19. The standard InChI is InChI=1S/C17H15BrN2O3S/c18-10-6-12-11(22-7-23-12)5-9(10)15-19-16(21)14-8-3-1-2-4-13(8)24-17(14)20-15/h5-6,15,20H,1-4,7H2,(H,19,21)/t15-/m1/s1. The van der Waals surface area contributed by atoms with Crippen LogP contribution in [0.1, 0.15) is 45.4 Å². The van der Waals surface area contributed by atoms with Gasteiger partial charge in [0.1, 0.15) is 11.2 Å². The average Bonchev–Trinajstić information content (AvgIpc) is 3.17. The molecule has 0 saturated carbocycles. The molecule has 0 fully saturated rings. The predicted octanol–water partition coefficient (Wildman–Crippen LogP) is 3.97. The van der Waals surface area contributed by atoms with Crippen molar-refractivity contribution in [2.75, 3.05) is 12.1 Å². The number of hydrogen-bond donors (Lipinski definition) is 2. The molecule has 7 heteroatoms. The number of halogens is 1. The Hall–Kier alpha value is -1.73. The molecule has 2 aromatic rings. The summed E-state index contributed by atoms with van der Waals surface area (Å²) >= 11 is 5.31. The van der Waals surface area contributed by atoms with Crippen LogP contribution in [0.15, 0.2) is 16.6 Å². The largest absolute Gasteiger partial charge is 0.454 e. The molecule has 3 aliphatic rings. The second kappa shape index (κ2) is 5.39. The van der Waals surface area contributed by atoms with Crippen LogP contribution >= 0.6 is 27.3 Å². The van der Waals surface area contributed by atoms with Crippen LogP contribution in [-0.4, -0.2) is 12.7 Å². The summed E-state index contributed by atoms with van der Waals surface area (Å²) in [6.07, 6.45) is 4.19. The molecule has 0 unspecified atom stereocenters. The Labute approximate surface area is 151 Å². The summed E-state index contributed by atoms with van der Waals surface area (Å²) in [5.41, 5.74) is 3.03. The van der Waals surface area contributed by atoms with Crippen LogP contribution in [0, 0.1) is 0 Å². The van der Waals surface area contributed by atoms with Crippen molar-refractivity contribution >= 4 is 38.2 Å². The molecule has 0 radical (unpaired) electrons. The van der Waals surface area contributed by atoms with Gasteiger partial charge in [-0.2, -0.15) is 0 Å². The van der Waals surface area contributed by atoms with E-state index in [2.05, 4.69) is 26.6 Å². The van der Waals surface area contributed by atoms with Crippen molar-refractivity contribution in [3.8, 4) is 11.5 Å². The van der Waals surface area contributed by atoms with Gasteiger partial charge in [-0.05, 0) is 43.4 Å². The maximum Gasteiger partial charge on any atom is 0.256 e. The highest BCUT2D eigenvalue weighted by Crippen LogP contribution is 2.44. The summed E-state index contributed by atoms with van der Waals surface area (Å²) in [5.74, 6) is 1.44. The van der Waals surface area contributed by atoms with Gasteiger partial charge < -0.3 is 20.1 Å². The molecule has 0 spiro atoms. The molecule has 24 heavy (non-hydrogen) atoms. The lowest BCUT2D eigenvalue weighted by Gasteiger charge is -2.27. The van der Waals surface area contributed by atoms with Crippen molar-refractivity contribution in [3.05, 3.63) is 38.2 Å². The van der Waals surface area contributed by atoms with E-state index in [1.807, 2.05) is 12.1 Å². The Morgan fingerprint density at radius 2 is 1.92 bits per heavy atom. The quantitative estimate of drug-likeness (QED) is 0.751. The number of anilines is 1. The number of thiophene rings is 1. The van der Waals surface area contributed by atoms with Gasteiger partial charge in [-0.3, -0.25) is 4.79 Å². The Morgan fingerprint density at radius 1 is 1.12 bits per heavy atom.